The molecule has 74 valence electrons. The molecule has 0 bridgehead atoms. The summed E-state index contributed by atoms with van der Waals surface area (Å²) in [5, 5.41) is 10.4. The van der Waals surface area contributed by atoms with Crippen molar-refractivity contribution in [2.24, 2.45) is 0 Å². The van der Waals surface area contributed by atoms with Gasteiger partial charge in [0.15, 0.2) is 0 Å². The van der Waals surface area contributed by atoms with Gasteiger partial charge in [-0.1, -0.05) is 0 Å². The first-order valence-electron chi connectivity index (χ1n) is 4.22. The van der Waals surface area contributed by atoms with Crippen molar-refractivity contribution in [2.75, 3.05) is 0 Å². The zero-order valence-corrected chi connectivity index (χ0v) is 9.52. The summed E-state index contributed by atoms with van der Waals surface area (Å²) in [6.45, 7) is 3.68. The largest absolute Gasteiger partial charge is 0.388 e. The number of nitrogens with zero attached hydrogens (tertiary/aromatic N) is 2. The third-order valence-corrected chi connectivity index (χ3v) is 4.13. The van der Waals surface area contributed by atoms with Crippen molar-refractivity contribution in [1.82, 2.24) is 9.97 Å². The summed E-state index contributed by atoms with van der Waals surface area (Å²) in [5.41, 5.74) is 2.70. The van der Waals surface area contributed by atoms with Gasteiger partial charge in [-0.25, -0.2) is 4.98 Å². The standard InChI is InChI=1S/C9H10N2OS2/c1-5-8(6(2)12)14-9(11-5)7-3-10-4-13-7/h3-4,6,12H,1-2H3. The van der Waals surface area contributed by atoms with Crippen molar-refractivity contribution < 1.29 is 5.11 Å². The molecular formula is C9H10N2OS2. The van der Waals surface area contributed by atoms with Crippen LogP contribution >= 0.6 is 22.7 Å². The van der Waals surface area contributed by atoms with E-state index in [0.717, 1.165) is 20.5 Å². The van der Waals surface area contributed by atoms with E-state index in [2.05, 4.69) is 9.97 Å². The molecule has 2 heterocycles. The van der Waals surface area contributed by atoms with Crippen molar-refractivity contribution in [2.45, 2.75) is 20.0 Å². The van der Waals surface area contributed by atoms with Crippen LogP contribution in [0.4, 0.5) is 0 Å². The Morgan fingerprint density at radius 2 is 2.29 bits per heavy atom. The predicted octanol–water partition coefficient (Wildman–Crippen LogP) is 2.63. The van der Waals surface area contributed by atoms with Crippen molar-refractivity contribution in [3.63, 3.8) is 0 Å². The van der Waals surface area contributed by atoms with Gasteiger partial charge in [-0.2, -0.15) is 0 Å². The third kappa shape index (κ3) is 1.70. The van der Waals surface area contributed by atoms with Crippen molar-refractivity contribution in [3.8, 4) is 9.88 Å². The van der Waals surface area contributed by atoms with E-state index in [1.165, 1.54) is 11.3 Å². The summed E-state index contributed by atoms with van der Waals surface area (Å²) in [6, 6.07) is 0. The lowest BCUT2D eigenvalue weighted by Gasteiger charge is -1.98. The predicted molar refractivity (Wildman–Crippen MR) is 58.6 cm³/mol. The second-order valence-corrected chi connectivity index (χ2v) is 4.93. The molecule has 1 N–H and O–H groups in total. The average Bonchev–Trinajstić information content (AvgIpc) is 2.70. The average molecular weight is 226 g/mol. The molecular weight excluding hydrogens is 216 g/mol. The summed E-state index contributed by atoms with van der Waals surface area (Å²) < 4.78 is 0. The molecule has 14 heavy (non-hydrogen) atoms. The Bertz CT molecular complexity index is 420. The van der Waals surface area contributed by atoms with E-state index >= 15 is 0 Å². The maximum Gasteiger partial charge on any atom is 0.135 e. The molecule has 0 saturated carbocycles. The molecule has 2 rings (SSSR count). The highest BCUT2D eigenvalue weighted by Crippen LogP contribution is 2.33. The van der Waals surface area contributed by atoms with Crippen molar-refractivity contribution in [1.29, 1.82) is 0 Å². The number of rotatable bonds is 2. The van der Waals surface area contributed by atoms with Gasteiger partial charge in [0.2, 0.25) is 0 Å². The van der Waals surface area contributed by atoms with Crippen LogP contribution < -0.4 is 0 Å². The molecule has 0 aliphatic carbocycles. The van der Waals surface area contributed by atoms with E-state index in [-0.39, 0.29) is 0 Å². The van der Waals surface area contributed by atoms with E-state index in [0.29, 0.717) is 0 Å². The summed E-state index contributed by atoms with van der Waals surface area (Å²) in [6.07, 6.45) is 1.36. The van der Waals surface area contributed by atoms with Crippen LogP contribution in [0, 0.1) is 6.92 Å². The minimum atomic E-state index is -0.436. The van der Waals surface area contributed by atoms with E-state index in [9.17, 15) is 5.11 Å². The molecule has 1 atom stereocenters. The fraction of sp³-hybridized carbons (Fsp3) is 0.333. The number of aliphatic hydroxyl groups is 1. The molecule has 0 fully saturated rings. The molecule has 0 radical (unpaired) electrons. The van der Waals surface area contributed by atoms with Gasteiger partial charge in [0, 0.05) is 6.20 Å². The summed E-state index contributed by atoms with van der Waals surface area (Å²) in [4.78, 5) is 10.4. The SMILES string of the molecule is Cc1nc(-c2cncs2)sc1C(C)O. The monoisotopic (exact) mass is 226 g/mol. The minimum Gasteiger partial charge on any atom is -0.388 e. The lowest BCUT2D eigenvalue weighted by atomic mass is 10.3. The summed E-state index contributed by atoms with van der Waals surface area (Å²) in [5.74, 6) is 0. The quantitative estimate of drug-likeness (QED) is 0.856. The minimum absolute atomic E-state index is 0.436. The zero-order valence-electron chi connectivity index (χ0n) is 7.89. The Hall–Kier alpha value is -0.780. The van der Waals surface area contributed by atoms with Gasteiger partial charge in [0.1, 0.15) is 5.01 Å². The molecule has 0 spiro atoms. The van der Waals surface area contributed by atoms with Crippen LogP contribution in [0.15, 0.2) is 11.7 Å². The highest BCUT2D eigenvalue weighted by Gasteiger charge is 2.13. The molecule has 0 saturated heterocycles. The third-order valence-electron chi connectivity index (χ3n) is 1.86. The second-order valence-electron chi connectivity index (χ2n) is 3.01. The Labute approximate surface area is 90.1 Å². The lowest BCUT2D eigenvalue weighted by Crippen LogP contribution is -1.88. The number of hydrogen-bond acceptors (Lipinski definition) is 5. The van der Waals surface area contributed by atoms with Gasteiger partial charge in [0.25, 0.3) is 0 Å². The van der Waals surface area contributed by atoms with E-state index in [1.807, 2.05) is 6.92 Å². The van der Waals surface area contributed by atoms with Crippen LogP contribution in [0.25, 0.3) is 9.88 Å². The van der Waals surface area contributed by atoms with Crippen molar-refractivity contribution >= 4 is 22.7 Å². The normalized spacial score (nSPS) is 13.1. The first-order valence-corrected chi connectivity index (χ1v) is 5.92. The van der Waals surface area contributed by atoms with Crippen LogP contribution in [0.5, 0.6) is 0 Å². The summed E-state index contributed by atoms with van der Waals surface area (Å²) in [7, 11) is 0. The van der Waals surface area contributed by atoms with Gasteiger partial charge >= 0.3 is 0 Å². The topological polar surface area (TPSA) is 46.0 Å². The van der Waals surface area contributed by atoms with Crippen LogP contribution in [-0.2, 0) is 0 Å². The fourth-order valence-corrected chi connectivity index (χ4v) is 2.90. The maximum absolute atomic E-state index is 9.47. The Morgan fingerprint density at radius 3 is 2.79 bits per heavy atom. The molecule has 5 heteroatoms. The van der Waals surface area contributed by atoms with Crippen LogP contribution in [0.1, 0.15) is 23.6 Å². The van der Waals surface area contributed by atoms with Gasteiger partial charge in [-0.3, -0.25) is 4.98 Å². The summed E-state index contributed by atoms with van der Waals surface area (Å²) >= 11 is 3.10. The Balaban J connectivity index is 2.43. The maximum atomic E-state index is 9.47. The van der Waals surface area contributed by atoms with Crippen molar-refractivity contribution in [3.05, 3.63) is 22.3 Å². The highest BCUT2D eigenvalue weighted by atomic mass is 32.1. The van der Waals surface area contributed by atoms with Gasteiger partial charge < -0.3 is 5.11 Å². The number of thiazole rings is 2. The molecule has 2 aromatic heterocycles. The van der Waals surface area contributed by atoms with Crippen LogP contribution in [0.3, 0.4) is 0 Å². The second kappa shape index (κ2) is 3.76. The number of aliphatic hydroxyl groups excluding tert-OH is 1. The molecule has 1 unspecified atom stereocenters. The van der Waals surface area contributed by atoms with Crippen LogP contribution in [-0.4, -0.2) is 15.1 Å². The molecule has 0 amide bonds. The van der Waals surface area contributed by atoms with Gasteiger partial charge in [0.05, 0.1) is 27.1 Å². The first-order chi connectivity index (χ1) is 6.68. The number of hydrogen-bond donors (Lipinski definition) is 1. The molecule has 0 aliphatic rings. The molecule has 0 aromatic carbocycles. The number of aryl methyl sites for hydroxylation is 1. The Morgan fingerprint density at radius 1 is 1.50 bits per heavy atom. The zero-order chi connectivity index (χ0) is 10.1. The number of aromatic nitrogens is 2. The first kappa shape index (κ1) is 9.76. The van der Waals surface area contributed by atoms with E-state index < -0.39 is 6.10 Å². The molecule has 0 aliphatic heterocycles. The highest BCUT2D eigenvalue weighted by molar-refractivity contribution is 7.20. The molecule has 3 nitrogen and oxygen atoms in total. The van der Waals surface area contributed by atoms with E-state index in [1.54, 1.807) is 30.0 Å². The molecule has 2 aromatic rings. The smallest absolute Gasteiger partial charge is 0.135 e. The Kier molecular flexibility index (Phi) is 2.62. The lowest BCUT2D eigenvalue weighted by molar-refractivity contribution is 0.202. The fourth-order valence-electron chi connectivity index (χ4n) is 1.22. The van der Waals surface area contributed by atoms with E-state index in [4.69, 9.17) is 0 Å². The van der Waals surface area contributed by atoms with Gasteiger partial charge in [-0.15, -0.1) is 22.7 Å². The van der Waals surface area contributed by atoms with Crippen LogP contribution in [0.2, 0.25) is 0 Å². The van der Waals surface area contributed by atoms with Gasteiger partial charge in [-0.05, 0) is 13.8 Å².